The van der Waals surface area contributed by atoms with Gasteiger partial charge in [-0.05, 0) is 42.6 Å². The number of likely N-dealkylation sites (tertiary alicyclic amines) is 1. The smallest absolute Gasteiger partial charge is 0.0578 e. The SMILES string of the molecule is c1ccc(C(CN2CCCCC2)(c2ccccc2)c2ccccc2)cc1. The molecule has 0 spiro atoms. The molecule has 0 saturated carbocycles. The van der Waals surface area contributed by atoms with Crippen molar-refractivity contribution in [1.29, 1.82) is 0 Å². The second kappa shape index (κ2) is 7.88. The average molecular weight is 341 g/mol. The van der Waals surface area contributed by atoms with Crippen LogP contribution in [0, 0.1) is 0 Å². The molecule has 1 nitrogen and oxygen atoms in total. The van der Waals surface area contributed by atoms with Crippen LogP contribution in [0.5, 0.6) is 0 Å². The summed E-state index contributed by atoms with van der Waals surface area (Å²) in [6.07, 6.45) is 3.99. The highest BCUT2D eigenvalue weighted by Crippen LogP contribution is 2.40. The second-order valence-corrected chi connectivity index (χ2v) is 7.34. The normalized spacial score (nSPS) is 15.7. The number of benzene rings is 3. The van der Waals surface area contributed by atoms with Crippen LogP contribution in [-0.4, -0.2) is 24.5 Å². The van der Waals surface area contributed by atoms with Gasteiger partial charge in [0.15, 0.2) is 0 Å². The van der Waals surface area contributed by atoms with E-state index >= 15 is 0 Å². The van der Waals surface area contributed by atoms with Crippen LogP contribution < -0.4 is 0 Å². The Morgan fingerprint density at radius 2 is 0.923 bits per heavy atom. The third-order valence-electron chi connectivity index (χ3n) is 5.71. The first-order valence-electron chi connectivity index (χ1n) is 9.78. The summed E-state index contributed by atoms with van der Waals surface area (Å²) in [4.78, 5) is 2.66. The number of hydrogen-bond acceptors (Lipinski definition) is 1. The first kappa shape index (κ1) is 17.1. The maximum absolute atomic E-state index is 2.66. The summed E-state index contributed by atoms with van der Waals surface area (Å²) in [5, 5.41) is 0. The van der Waals surface area contributed by atoms with Gasteiger partial charge in [-0.15, -0.1) is 0 Å². The van der Waals surface area contributed by atoms with E-state index in [1.807, 2.05) is 0 Å². The zero-order chi connectivity index (χ0) is 17.7. The fourth-order valence-electron chi connectivity index (χ4n) is 4.39. The van der Waals surface area contributed by atoms with Crippen molar-refractivity contribution in [2.75, 3.05) is 19.6 Å². The Bertz CT molecular complexity index is 693. The Hall–Kier alpha value is -2.38. The lowest BCUT2D eigenvalue weighted by Gasteiger charge is -2.41. The molecule has 0 bridgehead atoms. The summed E-state index contributed by atoms with van der Waals surface area (Å²) < 4.78 is 0. The fraction of sp³-hybridized carbons (Fsp3) is 0.280. The molecule has 1 aliphatic heterocycles. The lowest BCUT2D eigenvalue weighted by atomic mass is 9.69. The van der Waals surface area contributed by atoms with Crippen LogP contribution in [0.4, 0.5) is 0 Å². The quantitative estimate of drug-likeness (QED) is 0.553. The summed E-state index contributed by atoms with van der Waals surface area (Å²) in [7, 11) is 0. The Kier molecular flexibility index (Phi) is 5.17. The highest BCUT2D eigenvalue weighted by molar-refractivity contribution is 5.50. The lowest BCUT2D eigenvalue weighted by Crippen LogP contribution is -2.44. The largest absolute Gasteiger partial charge is 0.302 e. The molecule has 0 unspecified atom stereocenters. The van der Waals surface area contributed by atoms with Gasteiger partial charge in [0, 0.05) is 6.54 Å². The van der Waals surface area contributed by atoms with E-state index in [1.54, 1.807) is 0 Å². The summed E-state index contributed by atoms with van der Waals surface area (Å²) in [6.45, 7) is 3.44. The highest BCUT2D eigenvalue weighted by Gasteiger charge is 2.38. The highest BCUT2D eigenvalue weighted by atomic mass is 15.1. The van der Waals surface area contributed by atoms with E-state index in [-0.39, 0.29) is 5.41 Å². The van der Waals surface area contributed by atoms with Crippen molar-refractivity contribution < 1.29 is 0 Å². The number of piperidine rings is 1. The Labute approximate surface area is 157 Å². The molecule has 1 heteroatoms. The van der Waals surface area contributed by atoms with E-state index in [4.69, 9.17) is 0 Å². The molecule has 3 aromatic carbocycles. The first-order chi connectivity index (χ1) is 12.9. The van der Waals surface area contributed by atoms with E-state index in [0.717, 1.165) is 6.54 Å². The maximum Gasteiger partial charge on any atom is 0.0578 e. The van der Waals surface area contributed by atoms with E-state index < -0.39 is 0 Å². The van der Waals surface area contributed by atoms with E-state index in [9.17, 15) is 0 Å². The summed E-state index contributed by atoms with van der Waals surface area (Å²) in [6, 6.07) is 33.2. The van der Waals surface area contributed by atoms with Gasteiger partial charge in [0.1, 0.15) is 0 Å². The van der Waals surface area contributed by atoms with E-state index in [1.165, 1.54) is 49.0 Å². The van der Waals surface area contributed by atoms with Gasteiger partial charge in [-0.1, -0.05) is 97.4 Å². The Morgan fingerprint density at radius 1 is 0.538 bits per heavy atom. The van der Waals surface area contributed by atoms with Crippen molar-refractivity contribution in [1.82, 2.24) is 4.90 Å². The third kappa shape index (κ3) is 3.32. The van der Waals surface area contributed by atoms with Crippen molar-refractivity contribution in [2.24, 2.45) is 0 Å². The Morgan fingerprint density at radius 3 is 1.31 bits per heavy atom. The Balaban J connectivity index is 1.90. The molecule has 0 N–H and O–H groups in total. The van der Waals surface area contributed by atoms with Crippen molar-refractivity contribution in [2.45, 2.75) is 24.7 Å². The van der Waals surface area contributed by atoms with Crippen molar-refractivity contribution in [3.05, 3.63) is 108 Å². The molecule has 0 aliphatic carbocycles. The molecule has 132 valence electrons. The molecule has 3 aromatic rings. The van der Waals surface area contributed by atoms with Crippen molar-refractivity contribution >= 4 is 0 Å². The lowest BCUT2D eigenvalue weighted by molar-refractivity contribution is 0.203. The molecule has 1 fully saturated rings. The minimum atomic E-state index is -0.138. The van der Waals surface area contributed by atoms with Crippen molar-refractivity contribution in [3.8, 4) is 0 Å². The molecule has 4 rings (SSSR count). The molecule has 0 amide bonds. The van der Waals surface area contributed by atoms with Gasteiger partial charge in [-0.25, -0.2) is 0 Å². The van der Waals surface area contributed by atoms with Crippen LogP contribution in [0.3, 0.4) is 0 Å². The van der Waals surface area contributed by atoms with Gasteiger partial charge in [-0.3, -0.25) is 0 Å². The number of nitrogens with zero attached hydrogens (tertiary/aromatic N) is 1. The molecular weight excluding hydrogens is 314 g/mol. The van der Waals surface area contributed by atoms with Crippen LogP contribution in [-0.2, 0) is 5.41 Å². The molecular formula is C25H27N. The van der Waals surface area contributed by atoms with Gasteiger partial charge < -0.3 is 4.90 Å². The second-order valence-electron chi connectivity index (χ2n) is 7.34. The standard InChI is InChI=1S/C25H27N/c1-5-13-22(14-6-1)25(23-15-7-2-8-16-23,24-17-9-3-10-18-24)21-26-19-11-4-12-20-26/h1-3,5-10,13-18H,4,11-12,19-21H2. The van der Waals surface area contributed by atoms with Gasteiger partial charge in [0.2, 0.25) is 0 Å². The van der Waals surface area contributed by atoms with Gasteiger partial charge in [-0.2, -0.15) is 0 Å². The van der Waals surface area contributed by atoms with Crippen LogP contribution in [0.1, 0.15) is 36.0 Å². The molecule has 1 saturated heterocycles. The topological polar surface area (TPSA) is 3.24 Å². The van der Waals surface area contributed by atoms with Gasteiger partial charge in [0.05, 0.1) is 5.41 Å². The molecule has 0 atom stereocenters. The van der Waals surface area contributed by atoms with Crippen LogP contribution in [0.15, 0.2) is 91.0 Å². The fourth-order valence-corrected chi connectivity index (χ4v) is 4.39. The number of hydrogen-bond donors (Lipinski definition) is 0. The van der Waals surface area contributed by atoms with Crippen LogP contribution in [0.2, 0.25) is 0 Å². The van der Waals surface area contributed by atoms with Crippen LogP contribution in [0.25, 0.3) is 0 Å². The van der Waals surface area contributed by atoms with Crippen molar-refractivity contribution in [3.63, 3.8) is 0 Å². The van der Waals surface area contributed by atoms with Gasteiger partial charge in [0.25, 0.3) is 0 Å². The monoisotopic (exact) mass is 341 g/mol. The predicted octanol–water partition coefficient (Wildman–Crippen LogP) is 5.51. The van der Waals surface area contributed by atoms with E-state index in [2.05, 4.69) is 95.9 Å². The predicted molar refractivity (Wildman–Crippen MR) is 109 cm³/mol. The summed E-state index contributed by atoms with van der Waals surface area (Å²) in [5.74, 6) is 0. The zero-order valence-electron chi connectivity index (χ0n) is 15.4. The maximum atomic E-state index is 2.66. The van der Waals surface area contributed by atoms with E-state index in [0.29, 0.717) is 0 Å². The summed E-state index contributed by atoms with van der Waals surface area (Å²) in [5.41, 5.74) is 4.00. The minimum Gasteiger partial charge on any atom is -0.302 e. The summed E-state index contributed by atoms with van der Waals surface area (Å²) >= 11 is 0. The third-order valence-corrected chi connectivity index (χ3v) is 5.71. The molecule has 0 radical (unpaired) electrons. The minimum absolute atomic E-state index is 0.138. The van der Waals surface area contributed by atoms with Gasteiger partial charge >= 0.3 is 0 Å². The molecule has 0 aromatic heterocycles. The first-order valence-corrected chi connectivity index (χ1v) is 9.78. The zero-order valence-corrected chi connectivity index (χ0v) is 15.4. The molecule has 1 heterocycles. The van der Waals surface area contributed by atoms with Crippen LogP contribution >= 0.6 is 0 Å². The molecule has 26 heavy (non-hydrogen) atoms. The number of rotatable bonds is 5. The average Bonchev–Trinajstić information content (AvgIpc) is 2.75. The molecule has 1 aliphatic rings.